The Hall–Kier alpha value is -1.19. The van der Waals surface area contributed by atoms with Gasteiger partial charge in [0.25, 0.3) is 0 Å². The maximum absolute atomic E-state index is 11.9. The Morgan fingerprint density at radius 1 is 1.50 bits per heavy atom. The van der Waals surface area contributed by atoms with Gasteiger partial charge < -0.3 is 0 Å². The van der Waals surface area contributed by atoms with E-state index in [4.69, 9.17) is 0 Å². The number of aryl methyl sites for hydroxylation is 1. The highest BCUT2D eigenvalue weighted by atomic mass is 16.1. The van der Waals surface area contributed by atoms with Crippen molar-refractivity contribution in [1.29, 1.82) is 0 Å². The van der Waals surface area contributed by atoms with Crippen LogP contribution in [0.3, 0.4) is 0 Å². The number of aromatic nitrogens is 3. The van der Waals surface area contributed by atoms with Crippen molar-refractivity contribution in [2.75, 3.05) is 0 Å². The van der Waals surface area contributed by atoms with Crippen molar-refractivity contribution >= 4 is 5.78 Å². The summed E-state index contributed by atoms with van der Waals surface area (Å²) < 4.78 is 1.52. The molecule has 1 aromatic rings. The summed E-state index contributed by atoms with van der Waals surface area (Å²) in [4.78, 5) is 15.9. The van der Waals surface area contributed by atoms with Crippen LogP contribution in [0, 0.1) is 11.3 Å². The Balaban J connectivity index is 2.92. The molecule has 0 amide bonds. The molecule has 0 saturated heterocycles. The van der Waals surface area contributed by atoms with Crippen LogP contribution in [-0.2, 0) is 7.05 Å². The summed E-state index contributed by atoms with van der Waals surface area (Å²) in [5, 5.41) is 3.89. The topological polar surface area (TPSA) is 47.8 Å². The van der Waals surface area contributed by atoms with E-state index >= 15 is 0 Å². The van der Waals surface area contributed by atoms with Crippen LogP contribution in [-0.4, -0.2) is 20.5 Å². The molecular formula is C10H17N3O. The molecule has 1 unspecified atom stereocenters. The van der Waals surface area contributed by atoms with Gasteiger partial charge >= 0.3 is 0 Å². The van der Waals surface area contributed by atoms with Crippen LogP contribution in [0.25, 0.3) is 0 Å². The predicted molar refractivity (Wildman–Crippen MR) is 54.0 cm³/mol. The fourth-order valence-electron chi connectivity index (χ4n) is 1.11. The first-order valence-corrected chi connectivity index (χ1v) is 4.72. The van der Waals surface area contributed by atoms with E-state index in [9.17, 15) is 4.79 Å². The number of hydrogen-bond donors (Lipinski definition) is 0. The number of nitrogens with zero attached hydrogens (tertiary/aromatic N) is 3. The van der Waals surface area contributed by atoms with Crippen LogP contribution < -0.4 is 0 Å². The van der Waals surface area contributed by atoms with Gasteiger partial charge in [0.1, 0.15) is 6.33 Å². The Morgan fingerprint density at radius 3 is 2.43 bits per heavy atom. The number of ketones is 1. The van der Waals surface area contributed by atoms with E-state index in [0.717, 1.165) is 0 Å². The normalized spacial score (nSPS) is 14.1. The molecule has 1 atom stereocenters. The first-order chi connectivity index (χ1) is 6.34. The number of rotatable bonds is 2. The van der Waals surface area contributed by atoms with Gasteiger partial charge in [-0.3, -0.25) is 4.79 Å². The summed E-state index contributed by atoms with van der Waals surface area (Å²) >= 11 is 0. The molecule has 4 heteroatoms. The average Bonchev–Trinajstić information content (AvgIpc) is 2.47. The van der Waals surface area contributed by atoms with Crippen molar-refractivity contribution in [2.45, 2.75) is 27.7 Å². The summed E-state index contributed by atoms with van der Waals surface area (Å²) in [5.74, 6) is 0.440. The highest BCUT2D eigenvalue weighted by molar-refractivity contribution is 5.94. The molecule has 0 spiro atoms. The van der Waals surface area contributed by atoms with E-state index in [1.54, 1.807) is 7.05 Å². The summed E-state index contributed by atoms with van der Waals surface area (Å²) in [5.41, 5.74) is -0.0387. The largest absolute Gasteiger partial charge is 0.290 e. The standard InChI is InChI=1S/C10H17N3O/c1-7(10(2,3)4)8(14)9-11-6-12-13(9)5/h6-7H,1-5H3. The molecule has 0 aliphatic heterocycles. The third-order valence-corrected chi connectivity index (χ3v) is 2.62. The van der Waals surface area contributed by atoms with Gasteiger partial charge in [-0.2, -0.15) is 5.10 Å². The van der Waals surface area contributed by atoms with Gasteiger partial charge in [-0.05, 0) is 5.41 Å². The van der Waals surface area contributed by atoms with Gasteiger partial charge in [-0.15, -0.1) is 0 Å². The number of Topliss-reactive ketones (excluding diaryl/α,β-unsaturated/α-hetero) is 1. The second-order valence-electron chi connectivity index (χ2n) is 4.66. The Kier molecular flexibility index (Phi) is 2.73. The van der Waals surface area contributed by atoms with E-state index in [0.29, 0.717) is 5.82 Å². The fourth-order valence-corrected chi connectivity index (χ4v) is 1.11. The van der Waals surface area contributed by atoms with E-state index < -0.39 is 0 Å². The number of hydrogen-bond acceptors (Lipinski definition) is 3. The van der Waals surface area contributed by atoms with Crippen LogP contribution in [0.2, 0.25) is 0 Å². The van der Waals surface area contributed by atoms with Crippen LogP contribution in [0.5, 0.6) is 0 Å². The smallest absolute Gasteiger partial charge is 0.203 e. The summed E-state index contributed by atoms with van der Waals surface area (Å²) in [7, 11) is 1.73. The van der Waals surface area contributed by atoms with Gasteiger partial charge in [0.15, 0.2) is 5.82 Å². The van der Waals surface area contributed by atoms with E-state index in [2.05, 4.69) is 10.1 Å². The van der Waals surface area contributed by atoms with Crippen LogP contribution in [0.1, 0.15) is 38.3 Å². The monoisotopic (exact) mass is 195 g/mol. The maximum atomic E-state index is 11.9. The van der Waals surface area contributed by atoms with Crippen molar-refractivity contribution in [3.05, 3.63) is 12.2 Å². The lowest BCUT2D eigenvalue weighted by atomic mass is 9.79. The summed E-state index contributed by atoms with van der Waals surface area (Å²) in [6.45, 7) is 8.07. The van der Waals surface area contributed by atoms with Gasteiger partial charge in [0.2, 0.25) is 5.78 Å². The second-order valence-corrected chi connectivity index (χ2v) is 4.66. The fraction of sp³-hybridized carbons (Fsp3) is 0.700. The van der Waals surface area contributed by atoms with Gasteiger partial charge in [-0.25, -0.2) is 9.67 Å². The summed E-state index contributed by atoms with van der Waals surface area (Å²) in [6, 6.07) is 0. The minimum atomic E-state index is -0.0506. The van der Waals surface area contributed by atoms with Crippen LogP contribution in [0.4, 0.5) is 0 Å². The van der Waals surface area contributed by atoms with Crippen molar-refractivity contribution < 1.29 is 4.79 Å². The molecule has 0 aliphatic rings. The lowest BCUT2D eigenvalue weighted by Crippen LogP contribution is -2.27. The SMILES string of the molecule is CC(C(=O)c1ncnn1C)C(C)(C)C. The van der Waals surface area contributed by atoms with Gasteiger partial charge in [0.05, 0.1) is 0 Å². The van der Waals surface area contributed by atoms with Crippen molar-refractivity contribution in [2.24, 2.45) is 18.4 Å². The summed E-state index contributed by atoms with van der Waals surface area (Å²) in [6.07, 6.45) is 1.41. The first-order valence-electron chi connectivity index (χ1n) is 4.72. The molecule has 4 nitrogen and oxygen atoms in total. The molecule has 0 aromatic carbocycles. The van der Waals surface area contributed by atoms with E-state index in [1.807, 2.05) is 27.7 Å². The molecule has 0 fully saturated rings. The Labute approximate surface area is 84.3 Å². The Bertz CT molecular complexity index is 335. The van der Waals surface area contributed by atoms with Crippen LogP contribution >= 0.6 is 0 Å². The average molecular weight is 195 g/mol. The molecular weight excluding hydrogens is 178 g/mol. The van der Waals surface area contributed by atoms with Crippen molar-refractivity contribution in [1.82, 2.24) is 14.8 Å². The van der Waals surface area contributed by atoms with Crippen molar-refractivity contribution in [3.63, 3.8) is 0 Å². The zero-order valence-corrected chi connectivity index (χ0v) is 9.40. The third-order valence-electron chi connectivity index (χ3n) is 2.62. The molecule has 0 bridgehead atoms. The predicted octanol–water partition coefficient (Wildman–Crippen LogP) is 1.68. The van der Waals surface area contributed by atoms with E-state index in [1.165, 1.54) is 11.0 Å². The molecule has 1 rings (SSSR count). The molecule has 0 saturated carbocycles. The second kappa shape index (κ2) is 3.52. The zero-order chi connectivity index (χ0) is 10.9. The molecule has 0 radical (unpaired) electrons. The molecule has 0 aliphatic carbocycles. The molecule has 0 N–H and O–H groups in total. The number of carbonyl (C=O) groups is 1. The van der Waals surface area contributed by atoms with E-state index in [-0.39, 0.29) is 17.1 Å². The zero-order valence-electron chi connectivity index (χ0n) is 9.40. The molecule has 78 valence electrons. The van der Waals surface area contributed by atoms with Crippen molar-refractivity contribution in [3.8, 4) is 0 Å². The quantitative estimate of drug-likeness (QED) is 0.674. The van der Waals surface area contributed by atoms with Crippen LogP contribution in [0.15, 0.2) is 6.33 Å². The first kappa shape index (κ1) is 10.9. The lowest BCUT2D eigenvalue weighted by molar-refractivity contribution is 0.0823. The highest BCUT2D eigenvalue weighted by Gasteiger charge is 2.29. The minimum Gasteiger partial charge on any atom is -0.290 e. The lowest BCUT2D eigenvalue weighted by Gasteiger charge is -2.25. The van der Waals surface area contributed by atoms with Gasteiger partial charge in [0, 0.05) is 13.0 Å². The minimum absolute atomic E-state index is 0.0387. The third kappa shape index (κ3) is 2.00. The molecule has 1 heterocycles. The van der Waals surface area contributed by atoms with Gasteiger partial charge in [-0.1, -0.05) is 27.7 Å². The molecule has 14 heavy (non-hydrogen) atoms. The maximum Gasteiger partial charge on any atom is 0.203 e. The number of carbonyl (C=O) groups excluding carboxylic acids is 1. The Morgan fingerprint density at radius 2 is 2.07 bits per heavy atom. The molecule has 1 aromatic heterocycles. The highest BCUT2D eigenvalue weighted by Crippen LogP contribution is 2.27.